The summed E-state index contributed by atoms with van der Waals surface area (Å²) in [6.07, 6.45) is 0. The van der Waals surface area contributed by atoms with Crippen molar-refractivity contribution in [2.24, 2.45) is 0 Å². The molecule has 2 N–H and O–H groups in total. The summed E-state index contributed by atoms with van der Waals surface area (Å²) in [5, 5.41) is 11.2. The van der Waals surface area contributed by atoms with E-state index in [9.17, 15) is 0 Å². The summed E-state index contributed by atoms with van der Waals surface area (Å²) >= 11 is 0. The second-order valence-electron chi connectivity index (χ2n) is 0.125. The summed E-state index contributed by atoms with van der Waals surface area (Å²) < 4.78 is 0. The molecule has 0 aromatic carbocycles. The molecule has 0 amide bonds. The minimum absolute atomic E-state index is 0. The molecule has 3 heteroatoms. The fourth-order valence-electron chi connectivity index (χ4n) is 0. The van der Waals surface area contributed by atoms with Crippen molar-refractivity contribution >= 4 is 32.2 Å². The van der Waals surface area contributed by atoms with E-state index in [4.69, 9.17) is 10.8 Å². The van der Waals surface area contributed by atoms with Gasteiger partial charge in [-0.2, -0.15) is 0 Å². The van der Waals surface area contributed by atoms with Gasteiger partial charge in [0.2, 0.25) is 0 Å². The van der Waals surface area contributed by atoms with Crippen molar-refractivity contribution in [3.05, 3.63) is 0 Å². The van der Waals surface area contributed by atoms with Gasteiger partial charge in [-0.3, -0.25) is 0 Å². The molecule has 0 aromatic rings. The van der Waals surface area contributed by atoms with E-state index in [0.29, 0.717) is 0 Å². The van der Waals surface area contributed by atoms with E-state index >= 15 is 0 Å². The Morgan fingerprint density at radius 2 is 1.25 bits per heavy atom. The minimum Gasteiger partial charge on any atom is -0.242 e. The average Bonchev–Trinajstić information content (AvgIpc) is 0.918. The van der Waals surface area contributed by atoms with Gasteiger partial charge in [0.25, 0.3) is 0 Å². The van der Waals surface area contributed by atoms with Crippen LogP contribution in [0.25, 0.3) is 0 Å². The average molecular weight is 251 g/mol. The molecule has 0 unspecified atom stereocenters. The van der Waals surface area contributed by atoms with Crippen molar-refractivity contribution in [1.29, 1.82) is 10.8 Å². The van der Waals surface area contributed by atoms with Crippen LogP contribution in [0, 0.1) is 10.8 Å². The molecule has 0 heterocycles. The monoisotopic (exact) mass is 251 g/mol. The van der Waals surface area contributed by atoms with Crippen LogP contribution < -0.4 is 0 Å². The Balaban J connectivity index is 0. The molecule has 0 fully saturated rings. The molecule has 0 rings (SSSR count). The predicted molar refractivity (Wildman–Crippen MR) is 16.2 cm³/mol. The van der Waals surface area contributed by atoms with E-state index in [0.717, 1.165) is 0 Å². The van der Waals surface area contributed by atoms with Crippen molar-refractivity contribution in [3.63, 3.8) is 0 Å². The van der Waals surface area contributed by atoms with Crippen molar-refractivity contribution in [2.45, 2.75) is 0 Å². The molecule has 0 saturated heterocycles. The standard InChI is InChI=1S/CH2N2.Bi/c2-1-3;/h2-3H;. The van der Waals surface area contributed by atoms with Crippen LogP contribution in [0.4, 0.5) is 0 Å². The van der Waals surface area contributed by atoms with Gasteiger partial charge < -0.3 is 0 Å². The Hall–Kier alpha value is 0.263. The fourth-order valence-corrected chi connectivity index (χ4v) is 0. The van der Waals surface area contributed by atoms with Crippen molar-refractivity contribution in [3.8, 4) is 0 Å². The molecule has 2 nitrogen and oxygen atoms in total. The molecule has 4 heavy (non-hydrogen) atoms. The molecule has 0 spiro atoms. The third-order valence-corrected chi connectivity index (χ3v) is 0. The molecule has 0 aliphatic rings. The summed E-state index contributed by atoms with van der Waals surface area (Å²) in [6, 6.07) is 1.25. The van der Waals surface area contributed by atoms with E-state index in [-0.39, 0.29) is 26.2 Å². The maximum Gasteiger partial charge on any atom is 0.0831 e. The van der Waals surface area contributed by atoms with Crippen LogP contribution in [-0.4, -0.2) is 32.2 Å². The van der Waals surface area contributed by atoms with Crippen LogP contribution in [0.15, 0.2) is 0 Å². The summed E-state index contributed by atoms with van der Waals surface area (Å²) in [5.74, 6) is 0. The van der Waals surface area contributed by atoms with E-state index in [1.54, 1.807) is 0 Å². The van der Waals surface area contributed by atoms with Crippen LogP contribution in [0.2, 0.25) is 0 Å². The van der Waals surface area contributed by atoms with Gasteiger partial charge in [-0.05, 0) is 0 Å². The third kappa shape index (κ3) is 52.2. The largest absolute Gasteiger partial charge is 0.242 e. The molecular formula is CH2BiN2. The van der Waals surface area contributed by atoms with Crippen LogP contribution >= 0.6 is 0 Å². The zero-order valence-electron chi connectivity index (χ0n) is 1.95. The molecule has 0 aliphatic carbocycles. The van der Waals surface area contributed by atoms with Gasteiger partial charge in [-0.1, -0.05) is 0 Å². The van der Waals surface area contributed by atoms with Crippen LogP contribution in [0.1, 0.15) is 0 Å². The van der Waals surface area contributed by atoms with Crippen molar-refractivity contribution < 1.29 is 0 Å². The smallest absolute Gasteiger partial charge is 0.0831 e. The SMILES string of the molecule is N=C=N.[Bi]. The van der Waals surface area contributed by atoms with E-state index < -0.39 is 0 Å². The normalized spacial score (nSPS) is 2.00. The molecule has 3 radical (unpaired) electrons. The summed E-state index contributed by atoms with van der Waals surface area (Å²) in [4.78, 5) is 0. The molecule has 21 valence electrons. The molecule has 0 aliphatic heterocycles. The molecular weight excluding hydrogens is 249 g/mol. The number of nitrogens with one attached hydrogen (secondary N) is 2. The second kappa shape index (κ2) is 10.5. The molecule has 0 aromatic heterocycles. The van der Waals surface area contributed by atoms with Gasteiger partial charge in [0.15, 0.2) is 0 Å². The number of rotatable bonds is 0. The van der Waals surface area contributed by atoms with Gasteiger partial charge >= 0.3 is 0 Å². The zero-order valence-corrected chi connectivity index (χ0v) is 5.42. The summed E-state index contributed by atoms with van der Waals surface area (Å²) in [7, 11) is 0. The molecule has 0 saturated carbocycles. The first-order valence-electron chi connectivity index (χ1n) is 0.500. The quantitative estimate of drug-likeness (QED) is 0.447. The maximum atomic E-state index is 5.62. The van der Waals surface area contributed by atoms with Crippen LogP contribution in [0.3, 0.4) is 0 Å². The van der Waals surface area contributed by atoms with Gasteiger partial charge in [0.05, 0.1) is 6.01 Å². The van der Waals surface area contributed by atoms with Gasteiger partial charge in [-0.25, -0.2) is 10.8 Å². The van der Waals surface area contributed by atoms with Gasteiger partial charge in [-0.15, -0.1) is 0 Å². The number of hydrogen-bond acceptors (Lipinski definition) is 2. The summed E-state index contributed by atoms with van der Waals surface area (Å²) in [6.45, 7) is 0. The first-order valence-corrected chi connectivity index (χ1v) is 0.500. The zero-order chi connectivity index (χ0) is 2.71. The summed E-state index contributed by atoms with van der Waals surface area (Å²) in [5.41, 5.74) is 0. The Kier molecular flexibility index (Phi) is 23.2. The Morgan fingerprint density at radius 1 is 1.25 bits per heavy atom. The van der Waals surface area contributed by atoms with Crippen LogP contribution in [-0.2, 0) is 0 Å². The topological polar surface area (TPSA) is 47.7 Å². The Labute approximate surface area is 43.4 Å². The first kappa shape index (κ1) is 8.86. The molecule has 0 bridgehead atoms. The van der Waals surface area contributed by atoms with Gasteiger partial charge in [0.1, 0.15) is 0 Å². The third-order valence-electron chi connectivity index (χ3n) is 0. The Bertz CT molecular complexity index is 27.0. The van der Waals surface area contributed by atoms with Crippen LogP contribution in [0.5, 0.6) is 0 Å². The second-order valence-corrected chi connectivity index (χ2v) is 0.125. The Morgan fingerprint density at radius 3 is 1.25 bits per heavy atom. The van der Waals surface area contributed by atoms with E-state index in [1.807, 2.05) is 0 Å². The number of hydrogen-bond donors (Lipinski definition) is 2. The van der Waals surface area contributed by atoms with Crippen molar-refractivity contribution in [1.82, 2.24) is 0 Å². The van der Waals surface area contributed by atoms with Gasteiger partial charge in [0, 0.05) is 26.2 Å². The molecule has 0 atom stereocenters. The van der Waals surface area contributed by atoms with E-state index in [1.165, 1.54) is 6.01 Å². The maximum absolute atomic E-state index is 5.62. The fraction of sp³-hybridized carbons (Fsp3) is 0. The minimum atomic E-state index is 0. The van der Waals surface area contributed by atoms with Crippen molar-refractivity contribution in [2.75, 3.05) is 0 Å². The predicted octanol–water partition coefficient (Wildman–Crippen LogP) is -0.0630. The van der Waals surface area contributed by atoms with E-state index in [2.05, 4.69) is 0 Å². The first-order chi connectivity index (χ1) is 1.41.